The van der Waals surface area contributed by atoms with E-state index in [4.69, 9.17) is 0 Å². The van der Waals surface area contributed by atoms with Crippen molar-refractivity contribution in [1.82, 2.24) is 4.98 Å². The van der Waals surface area contributed by atoms with Crippen molar-refractivity contribution in [3.05, 3.63) is 22.2 Å². The molecule has 0 aliphatic carbocycles. The molecule has 1 atom stereocenters. The maximum absolute atomic E-state index is 11.1. The molecule has 98 valence electrons. The predicted octanol–water partition coefficient (Wildman–Crippen LogP) is 2.41. The Labute approximate surface area is 106 Å². The van der Waals surface area contributed by atoms with Crippen molar-refractivity contribution in [2.45, 2.75) is 32.2 Å². The molecular weight excluding hydrogens is 232 g/mol. The van der Waals surface area contributed by atoms with Gasteiger partial charge in [-0.2, -0.15) is 0 Å². The molecule has 0 saturated carbocycles. The second-order valence-corrected chi connectivity index (χ2v) is 4.58. The van der Waals surface area contributed by atoms with Crippen LogP contribution >= 0.6 is 0 Å². The molecule has 2 heterocycles. The van der Waals surface area contributed by atoms with E-state index in [1.807, 2.05) is 4.90 Å². The molecule has 1 aliphatic rings. The lowest BCUT2D eigenvalue weighted by Gasteiger charge is -2.34. The number of hydrogen-bond donors (Lipinski definition) is 1. The molecule has 1 aromatic rings. The molecule has 0 bridgehead atoms. The van der Waals surface area contributed by atoms with E-state index in [2.05, 4.69) is 17.2 Å². The van der Waals surface area contributed by atoms with Crippen LogP contribution in [-0.4, -0.2) is 29.5 Å². The average Bonchev–Trinajstić information content (AvgIpc) is 2.38. The van der Waals surface area contributed by atoms with Gasteiger partial charge in [0.25, 0.3) is 0 Å². The largest absolute Gasteiger partial charge is 0.373 e. The van der Waals surface area contributed by atoms with Crippen molar-refractivity contribution in [1.29, 1.82) is 0 Å². The van der Waals surface area contributed by atoms with E-state index in [1.54, 1.807) is 13.1 Å². The molecule has 0 aromatic carbocycles. The molecule has 1 aliphatic heterocycles. The smallest absolute Gasteiger partial charge is 0.311 e. The molecule has 1 fully saturated rings. The maximum Gasteiger partial charge on any atom is 0.311 e. The predicted molar refractivity (Wildman–Crippen MR) is 71.1 cm³/mol. The summed E-state index contributed by atoms with van der Waals surface area (Å²) in [5.41, 5.74) is 0.0859. The summed E-state index contributed by atoms with van der Waals surface area (Å²) >= 11 is 0. The number of piperidine rings is 1. The fourth-order valence-electron chi connectivity index (χ4n) is 2.35. The number of nitro groups is 1. The first-order valence-electron chi connectivity index (χ1n) is 6.23. The second kappa shape index (κ2) is 5.20. The quantitative estimate of drug-likeness (QED) is 0.659. The molecule has 1 unspecified atom stereocenters. The van der Waals surface area contributed by atoms with Crippen LogP contribution in [0.5, 0.6) is 0 Å². The Balaban J connectivity index is 2.42. The van der Waals surface area contributed by atoms with Gasteiger partial charge in [-0.1, -0.05) is 0 Å². The lowest BCUT2D eigenvalue weighted by atomic mass is 10.0. The highest BCUT2D eigenvalue weighted by molar-refractivity contribution is 5.62. The van der Waals surface area contributed by atoms with Crippen molar-refractivity contribution >= 4 is 17.3 Å². The number of hydrogen-bond acceptors (Lipinski definition) is 5. The molecule has 1 saturated heterocycles. The van der Waals surface area contributed by atoms with Gasteiger partial charge in [0.05, 0.1) is 4.92 Å². The lowest BCUT2D eigenvalue weighted by molar-refractivity contribution is -0.384. The Morgan fingerprint density at radius 2 is 2.28 bits per heavy atom. The SMILES string of the molecule is CNc1ccc([N+](=O)[O-])c(N2CCCCC2C)n1. The highest BCUT2D eigenvalue weighted by atomic mass is 16.6. The van der Waals surface area contributed by atoms with E-state index in [1.165, 1.54) is 12.5 Å². The van der Waals surface area contributed by atoms with Crippen molar-refractivity contribution in [2.24, 2.45) is 0 Å². The van der Waals surface area contributed by atoms with Gasteiger partial charge in [-0.3, -0.25) is 10.1 Å². The van der Waals surface area contributed by atoms with E-state index >= 15 is 0 Å². The molecule has 0 spiro atoms. The minimum atomic E-state index is -0.358. The van der Waals surface area contributed by atoms with Crippen LogP contribution in [0.2, 0.25) is 0 Å². The fourth-order valence-corrected chi connectivity index (χ4v) is 2.35. The van der Waals surface area contributed by atoms with Crippen LogP contribution in [0.15, 0.2) is 12.1 Å². The summed E-state index contributed by atoms with van der Waals surface area (Å²) in [6, 6.07) is 3.46. The normalized spacial score (nSPS) is 19.7. The Morgan fingerprint density at radius 1 is 1.50 bits per heavy atom. The van der Waals surface area contributed by atoms with Crippen molar-refractivity contribution < 1.29 is 4.92 Å². The third-order valence-corrected chi connectivity index (χ3v) is 3.38. The van der Waals surface area contributed by atoms with E-state index in [9.17, 15) is 10.1 Å². The standard InChI is InChI=1S/C12H18N4O2/c1-9-5-3-4-8-15(9)12-10(16(17)18)6-7-11(13-2)14-12/h6-7,9H,3-5,8H2,1-2H3,(H,13,14). The van der Waals surface area contributed by atoms with E-state index in [0.717, 1.165) is 19.4 Å². The van der Waals surface area contributed by atoms with Crippen molar-refractivity contribution in [2.75, 3.05) is 23.8 Å². The number of pyridine rings is 1. The van der Waals surface area contributed by atoms with Gasteiger partial charge in [-0.05, 0) is 32.3 Å². The van der Waals surface area contributed by atoms with Crippen LogP contribution in [0, 0.1) is 10.1 Å². The molecule has 1 N–H and O–H groups in total. The van der Waals surface area contributed by atoms with Crippen LogP contribution in [-0.2, 0) is 0 Å². The molecule has 2 rings (SSSR count). The summed E-state index contributed by atoms with van der Waals surface area (Å²) in [6.45, 7) is 2.93. The third kappa shape index (κ3) is 2.37. The van der Waals surface area contributed by atoms with Crippen molar-refractivity contribution in [3.8, 4) is 0 Å². The summed E-state index contributed by atoms with van der Waals surface area (Å²) in [7, 11) is 1.76. The van der Waals surface area contributed by atoms with Crippen LogP contribution in [0.3, 0.4) is 0 Å². The molecule has 18 heavy (non-hydrogen) atoms. The molecule has 0 amide bonds. The van der Waals surface area contributed by atoms with Crippen LogP contribution in [0.25, 0.3) is 0 Å². The highest BCUT2D eigenvalue weighted by Crippen LogP contribution is 2.32. The second-order valence-electron chi connectivity index (χ2n) is 4.58. The Kier molecular flexibility index (Phi) is 3.64. The number of nitrogens with one attached hydrogen (secondary N) is 1. The first-order valence-corrected chi connectivity index (χ1v) is 6.23. The summed E-state index contributed by atoms with van der Waals surface area (Å²) < 4.78 is 0. The number of nitrogens with zero attached hydrogens (tertiary/aromatic N) is 3. The Hall–Kier alpha value is -1.85. The van der Waals surface area contributed by atoms with Crippen LogP contribution in [0.1, 0.15) is 26.2 Å². The summed E-state index contributed by atoms with van der Waals surface area (Å²) in [6.07, 6.45) is 3.30. The molecule has 6 nitrogen and oxygen atoms in total. The summed E-state index contributed by atoms with van der Waals surface area (Å²) in [4.78, 5) is 17.1. The van der Waals surface area contributed by atoms with E-state index in [0.29, 0.717) is 17.7 Å². The molecule has 1 aromatic heterocycles. The molecule has 0 radical (unpaired) electrons. The number of rotatable bonds is 3. The monoisotopic (exact) mass is 250 g/mol. The van der Waals surface area contributed by atoms with E-state index < -0.39 is 0 Å². The summed E-state index contributed by atoms with van der Waals surface area (Å²) in [5.74, 6) is 1.15. The maximum atomic E-state index is 11.1. The third-order valence-electron chi connectivity index (χ3n) is 3.38. The van der Waals surface area contributed by atoms with E-state index in [-0.39, 0.29) is 10.6 Å². The number of anilines is 2. The lowest BCUT2D eigenvalue weighted by Crippen LogP contribution is -2.38. The van der Waals surface area contributed by atoms with Gasteiger partial charge in [0.1, 0.15) is 5.82 Å². The van der Waals surface area contributed by atoms with Gasteiger partial charge < -0.3 is 10.2 Å². The first kappa shape index (κ1) is 12.6. The summed E-state index contributed by atoms with van der Waals surface area (Å²) in [5, 5.41) is 14.0. The topological polar surface area (TPSA) is 71.3 Å². The first-order chi connectivity index (χ1) is 8.63. The van der Waals surface area contributed by atoms with Crippen LogP contribution < -0.4 is 10.2 Å². The fraction of sp³-hybridized carbons (Fsp3) is 0.583. The van der Waals surface area contributed by atoms with Gasteiger partial charge in [-0.15, -0.1) is 0 Å². The van der Waals surface area contributed by atoms with Crippen molar-refractivity contribution in [3.63, 3.8) is 0 Å². The minimum Gasteiger partial charge on any atom is -0.373 e. The zero-order chi connectivity index (χ0) is 13.1. The Morgan fingerprint density at radius 3 is 2.89 bits per heavy atom. The molecular formula is C12H18N4O2. The van der Waals surface area contributed by atoms with Gasteiger partial charge in [-0.25, -0.2) is 4.98 Å². The Bertz CT molecular complexity index is 450. The highest BCUT2D eigenvalue weighted by Gasteiger charge is 2.27. The molecule has 6 heteroatoms. The van der Waals surface area contributed by atoms with Crippen LogP contribution in [0.4, 0.5) is 17.3 Å². The zero-order valence-electron chi connectivity index (χ0n) is 10.7. The minimum absolute atomic E-state index is 0.0859. The van der Waals surface area contributed by atoms with Gasteiger partial charge in [0.2, 0.25) is 5.82 Å². The number of aromatic nitrogens is 1. The average molecular weight is 250 g/mol. The van der Waals surface area contributed by atoms with Gasteiger partial charge in [0, 0.05) is 25.7 Å². The zero-order valence-corrected chi connectivity index (χ0v) is 10.7. The van der Waals surface area contributed by atoms with Gasteiger partial charge in [0.15, 0.2) is 0 Å². The van der Waals surface area contributed by atoms with Gasteiger partial charge >= 0.3 is 5.69 Å².